The molecule has 2 aliphatic rings. The van der Waals surface area contributed by atoms with Crippen LogP contribution in [-0.4, -0.2) is 37.8 Å². The zero-order valence-electron chi connectivity index (χ0n) is 8.38. The van der Waals surface area contributed by atoms with Gasteiger partial charge in [-0.2, -0.15) is 0 Å². The number of sulfonamides is 1. The Morgan fingerprint density at radius 3 is 2.50 bits per heavy atom. The number of carbonyl (C=O) groups excluding carboxylic acids is 1. The fourth-order valence-electron chi connectivity index (χ4n) is 2.00. The largest absolute Gasteiger partial charge is 0.312 e. The Morgan fingerprint density at radius 2 is 1.94 bits per heavy atom. The summed E-state index contributed by atoms with van der Waals surface area (Å²) < 4.78 is 25.2. The summed E-state index contributed by atoms with van der Waals surface area (Å²) in [5, 5.41) is 2.96. The van der Waals surface area contributed by atoms with Gasteiger partial charge in [-0.3, -0.25) is 4.79 Å². The van der Waals surface area contributed by atoms with E-state index in [4.69, 9.17) is 0 Å². The van der Waals surface area contributed by atoms with Crippen LogP contribution in [0.15, 0.2) is 29.2 Å². The molecule has 1 fully saturated rings. The second kappa shape index (κ2) is 3.05. The lowest BCUT2D eigenvalue weighted by molar-refractivity contribution is 0.0801. The molecule has 1 aromatic carbocycles. The lowest BCUT2D eigenvalue weighted by Gasteiger charge is -2.33. The molecule has 5 nitrogen and oxygen atoms in total. The van der Waals surface area contributed by atoms with Crippen molar-refractivity contribution in [2.75, 3.05) is 13.1 Å². The summed E-state index contributed by atoms with van der Waals surface area (Å²) in [7, 11) is -3.61. The molecule has 3 rings (SSSR count). The second-order valence-corrected chi connectivity index (χ2v) is 5.70. The van der Waals surface area contributed by atoms with Crippen LogP contribution in [-0.2, 0) is 10.0 Å². The molecule has 0 aromatic heterocycles. The molecule has 1 saturated heterocycles. The average molecular weight is 238 g/mol. The first-order chi connectivity index (χ1) is 7.62. The molecule has 0 atom stereocenters. The van der Waals surface area contributed by atoms with Gasteiger partial charge in [-0.25, -0.2) is 12.7 Å². The number of rotatable bonds is 1. The standard InChI is InChI=1S/C10H10N2O3S/c13-10-8-3-1-2-4-9(8)16(14,15)12(10)7-5-11-6-7/h1-4,7,11H,5-6H2. The van der Waals surface area contributed by atoms with Crippen LogP contribution in [0.3, 0.4) is 0 Å². The third-order valence-corrected chi connectivity index (χ3v) is 4.84. The van der Waals surface area contributed by atoms with Crippen molar-refractivity contribution in [3.63, 3.8) is 0 Å². The summed E-state index contributed by atoms with van der Waals surface area (Å²) in [5.74, 6) is -0.401. The molecule has 16 heavy (non-hydrogen) atoms. The number of carbonyl (C=O) groups is 1. The molecule has 0 radical (unpaired) electrons. The van der Waals surface area contributed by atoms with E-state index in [1.165, 1.54) is 6.07 Å². The number of hydrogen-bond acceptors (Lipinski definition) is 4. The number of nitrogens with one attached hydrogen (secondary N) is 1. The van der Waals surface area contributed by atoms with Crippen molar-refractivity contribution in [2.24, 2.45) is 0 Å². The Kier molecular flexibility index (Phi) is 1.87. The number of hydrogen-bond donors (Lipinski definition) is 1. The zero-order chi connectivity index (χ0) is 11.3. The van der Waals surface area contributed by atoms with Gasteiger partial charge in [0.1, 0.15) is 4.90 Å². The minimum absolute atomic E-state index is 0.131. The van der Waals surface area contributed by atoms with Crippen molar-refractivity contribution in [1.29, 1.82) is 0 Å². The van der Waals surface area contributed by atoms with Crippen LogP contribution in [0.1, 0.15) is 10.4 Å². The molecule has 6 heteroatoms. The van der Waals surface area contributed by atoms with Crippen LogP contribution >= 0.6 is 0 Å². The maximum atomic E-state index is 12.1. The Labute approximate surface area is 93.1 Å². The molecule has 0 unspecified atom stereocenters. The van der Waals surface area contributed by atoms with Crippen molar-refractivity contribution >= 4 is 15.9 Å². The van der Waals surface area contributed by atoms with Gasteiger partial charge in [-0.1, -0.05) is 12.1 Å². The quantitative estimate of drug-likeness (QED) is 0.736. The van der Waals surface area contributed by atoms with Crippen molar-refractivity contribution in [3.05, 3.63) is 29.8 Å². The SMILES string of the molecule is O=C1c2ccccc2S(=O)(=O)N1C1CNC1. The number of benzene rings is 1. The molecule has 1 amide bonds. The minimum atomic E-state index is -3.61. The topological polar surface area (TPSA) is 66.5 Å². The van der Waals surface area contributed by atoms with Crippen molar-refractivity contribution in [2.45, 2.75) is 10.9 Å². The van der Waals surface area contributed by atoms with Crippen LogP contribution in [0.2, 0.25) is 0 Å². The van der Waals surface area contributed by atoms with E-state index in [0.717, 1.165) is 4.31 Å². The van der Waals surface area contributed by atoms with Crippen LogP contribution in [0.4, 0.5) is 0 Å². The summed E-state index contributed by atoms with van der Waals surface area (Å²) in [4.78, 5) is 12.1. The van der Waals surface area contributed by atoms with Gasteiger partial charge in [-0.15, -0.1) is 0 Å². The number of amides is 1. The Hall–Kier alpha value is -1.40. The van der Waals surface area contributed by atoms with Gasteiger partial charge in [0.15, 0.2) is 0 Å². The molecule has 0 aliphatic carbocycles. The monoisotopic (exact) mass is 238 g/mol. The lowest BCUT2D eigenvalue weighted by Crippen LogP contribution is -2.58. The molecule has 0 spiro atoms. The maximum absolute atomic E-state index is 12.1. The smallest absolute Gasteiger partial charge is 0.269 e. The average Bonchev–Trinajstić information content (AvgIpc) is 2.39. The Balaban J connectivity index is 2.17. The zero-order valence-corrected chi connectivity index (χ0v) is 9.20. The highest BCUT2D eigenvalue weighted by molar-refractivity contribution is 7.90. The van der Waals surface area contributed by atoms with Crippen LogP contribution < -0.4 is 5.32 Å². The van der Waals surface area contributed by atoms with Gasteiger partial charge in [-0.05, 0) is 12.1 Å². The fourth-order valence-corrected chi connectivity index (χ4v) is 3.76. The van der Waals surface area contributed by atoms with Crippen molar-refractivity contribution < 1.29 is 13.2 Å². The number of nitrogens with zero attached hydrogens (tertiary/aromatic N) is 1. The molecular formula is C10H10N2O3S. The van der Waals surface area contributed by atoms with E-state index in [0.29, 0.717) is 13.1 Å². The first-order valence-electron chi connectivity index (χ1n) is 5.01. The molecule has 1 aromatic rings. The predicted octanol–water partition coefficient (Wildman–Crippen LogP) is -0.197. The maximum Gasteiger partial charge on any atom is 0.269 e. The second-order valence-electron chi connectivity index (χ2n) is 3.91. The van der Waals surface area contributed by atoms with E-state index >= 15 is 0 Å². The minimum Gasteiger partial charge on any atom is -0.312 e. The molecule has 84 valence electrons. The van der Waals surface area contributed by atoms with Crippen molar-refractivity contribution in [1.82, 2.24) is 9.62 Å². The third kappa shape index (κ3) is 1.08. The first kappa shape index (κ1) is 9.80. The van der Waals surface area contributed by atoms with E-state index in [-0.39, 0.29) is 16.5 Å². The summed E-state index contributed by atoms with van der Waals surface area (Å²) in [6.45, 7) is 1.08. The molecular weight excluding hydrogens is 228 g/mol. The van der Waals surface area contributed by atoms with Gasteiger partial charge in [0.05, 0.1) is 11.6 Å². The van der Waals surface area contributed by atoms with E-state index in [9.17, 15) is 13.2 Å². The highest BCUT2D eigenvalue weighted by atomic mass is 32.2. The lowest BCUT2D eigenvalue weighted by atomic mass is 10.1. The predicted molar refractivity (Wildman–Crippen MR) is 56.5 cm³/mol. The summed E-state index contributed by atoms with van der Waals surface area (Å²) in [6, 6.07) is 6.11. The molecule has 2 heterocycles. The fraction of sp³-hybridized carbons (Fsp3) is 0.300. The molecule has 0 saturated carbocycles. The van der Waals surface area contributed by atoms with Gasteiger partial charge in [0.2, 0.25) is 0 Å². The summed E-state index contributed by atoms with van der Waals surface area (Å²) in [5.41, 5.74) is 0.286. The van der Waals surface area contributed by atoms with Gasteiger partial charge in [0.25, 0.3) is 15.9 Å². The summed E-state index contributed by atoms with van der Waals surface area (Å²) >= 11 is 0. The van der Waals surface area contributed by atoms with E-state index < -0.39 is 15.9 Å². The van der Waals surface area contributed by atoms with E-state index in [1.807, 2.05) is 0 Å². The van der Waals surface area contributed by atoms with Crippen LogP contribution in [0, 0.1) is 0 Å². The first-order valence-corrected chi connectivity index (χ1v) is 6.45. The molecule has 0 bridgehead atoms. The van der Waals surface area contributed by atoms with E-state index in [2.05, 4.69) is 5.32 Å². The van der Waals surface area contributed by atoms with Crippen molar-refractivity contribution in [3.8, 4) is 0 Å². The molecule has 2 aliphatic heterocycles. The highest BCUT2D eigenvalue weighted by Gasteiger charge is 2.46. The van der Waals surface area contributed by atoms with Gasteiger partial charge in [0, 0.05) is 13.1 Å². The summed E-state index contributed by atoms with van der Waals surface area (Å²) in [6.07, 6.45) is 0. The van der Waals surface area contributed by atoms with Crippen LogP contribution in [0.5, 0.6) is 0 Å². The normalized spacial score (nSPS) is 23.0. The Bertz CT molecular complexity index is 563. The molecule has 1 N–H and O–H groups in total. The third-order valence-electron chi connectivity index (χ3n) is 2.95. The van der Waals surface area contributed by atoms with Gasteiger partial charge >= 0.3 is 0 Å². The highest BCUT2D eigenvalue weighted by Crippen LogP contribution is 2.32. The Morgan fingerprint density at radius 1 is 1.25 bits per heavy atom. The van der Waals surface area contributed by atoms with Crippen LogP contribution in [0.25, 0.3) is 0 Å². The van der Waals surface area contributed by atoms with E-state index in [1.54, 1.807) is 18.2 Å². The number of fused-ring (bicyclic) bond motifs is 1. The van der Waals surface area contributed by atoms with Gasteiger partial charge < -0.3 is 5.32 Å².